The zero-order valence-electron chi connectivity index (χ0n) is 8.17. The molecule has 0 spiro atoms. The topological polar surface area (TPSA) is 68.4 Å². The smallest absolute Gasteiger partial charge is 0.258 e. The Kier molecular flexibility index (Phi) is 2.64. The average molecular weight is 206 g/mol. The van der Waals surface area contributed by atoms with Crippen LogP contribution >= 0.6 is 0 Å². The van der Waals surface area contributed by atoms with Crippen LogP contribution in [-0.4, -0.2) is 22.4 Å². The summed E-state index contributed by atoms with van der Waals surface area (Å²) in [5.41, 5.74) is 0.685. The number of rotatable bonds is 3. The number of ether oxygens (including phenoxy) is 1. The molecule has 1 heterocycles. The summed E-state index contributed by atoms with van der Waals surface area (Å²) >= 11 is 0. The highest BCUT2D eigenvalue weighted by Gasteiger charge is 2.08. The molecule has 0 aliphatic rings. The third-order valence-electron chi connectivity index (χ3n) is 1.83. The van der Waals surface area contributed by atoms with E-state index in [0.29, 0.717) is 23.9 Å². The Labute approximate surface area is 86.3 Å². The fourth-order valence-corrected chi connectivity index (χ4v) is 1.20. The first kappa shape index (κ1) is 9.67. The number of hydrogen-bond donors (Lipinski definition) is 1. The van der Waals surface area contributed by atoms with Crippen LogP contribution < -0.4 is 0 Å². The molecule has 0 amide bonds. The van der Waals surface area contributed by atoms with Gasteiger partial charge in [-0.1, -0.05) is 11.2 Å². The largest absolute Gasteiger partial charge is 0.508 e. The number of methoxy groups -OCH3 is 1. The minimum absolute atomic E-state index is 0.166. The van der Waals surface area contributed by atoms with Gasteiger partial charge in [-0.05, 0) is 18.2 Å². The van der Waals surface area contributed by atoms with Crippen molar-refractivity contribution in [1.82, 2.24) is 10.1 Å². The lowest BCUT2D eigenvalue weighted by atomic mass is 10.2. The Balaban J connectivity index is 2.29. The normalized spacial score (nSPS) is 10.5. The maximum Gasteiger partial charge on any atom is 0.258 e. The summed E-state index contributed by atoms with van der Waals surface area (Å²) in [5.74, 6) is 1.02. The van der Waals surface area contributed by atoms with Crippen molar-refractivity contribution in [2.75, 3.05) is 7.11 Å². The molecule has 0 aliphatic carbocycles. The first-order valence-corrected chi connectivity index (χ1v) is 4.40. The number of nitrogens with zero attached hydrogens (tertiary/aromatic N) is 2. The van der Waals surface area contributed by atoms with Crippen LogP contribution in [0.15, 0.2) is 28.8 Å². The third-order valence-corrected chi connectivity index (χ3v) is 1.83. The molecule has 0 radical (unpaired) electrons. The molecule has 5 nitrogen and oxygen atoms in total. The molecule has 1 aromatic heterocycles. The Hall–Kier alpha value is -1.88. The molecule has 1 aromatic carbocycles. The van der Waals surface area contributed by atoms with Crippen molar-refractivity contribution in [3.05, 3.63) is 30.1 Å². The average Bonchev–Trinajstić information content (AvgIpc) is 2.67. The maximum atomic E-state index is 9.27. The Morgan fingerprint density at radius 3 is 3.07 bits per heavy atom. The van der Waals surface area contributed by atoms with Crippen molar-refractivity contribution in [3.8, 4) is 17.2 Å². The van der Waals surface area contributed by atoms with Crippen LogP contribution in [-0.2, 0) is 11.3 Å². The lowest BCUT2D eigenvalue weighted by Gasteiger charge is -1.94. The molecule has 0 fully saturated rings. The summed E-state index contributed by atoms with van der Waals surface area (Å²) in [6, 6.07) is 6.63. The van der Waals surface area contributed by atoms with Crippen LogP contribution in [0, 0.1) is 0 Å². The van der Waals surface area contributed by atoms with E-state index in [2.05, 4.69) is 10.1 Å². The van der Waals surface area contributed by atoms with E-state index in [4.69, 9.17) is 9.26 Å². The van der Waals surface area contributed by atoms with Crippen molar-refractivity contribution >= 4 is 0 Å². The van der Waals surface area contributed by atoms with Crippen LogP contribution in [0.1, 0.15) is 5.82 Å². The molecule has 5 heteroatoms. The van der Waals surface area contributed by atoms with E-state index in [1.54, 1.807) is 31.4 Å². The first-order chi connectivity index (χ1) is 7.29. The molecule has 15 heavy (non-hydrogen) atoms. The molecule has 0 unspecified atom stereocenters. The summed E-state index contributed by atoms with van der Waals surface area (Å²) in [5, 5.41) is 13.0. The van der Waals surface area contributed by atoms with Crippen molar-refractivity contribution in [2.24, 2.45) is 0 Å². The lowest BCUT2D eigenvalue weighted by Crippen LogP contribution is -1.89. The van der Waals surface area contributed by atoms with Gasteiger partial charge in [0.05, 0.1) is 0 Å². The second-order valence-electron chi connectivity index (χ2n) is 3.00. The van der Waals surface area contributed by atoms with Gasteiger partial charge in [0, 0.05) is 12.7 Å². The van der Waals surface area contributed by atoms with Crippen LogP contribution in [0.25, 0.3) is 11.5 Å². The van der Waals surface area contributed by atoms with Gasteiger partial charge in [-0.25, -0.2) is 0 Å². The zero-order valence-corrected chi connectivity index (χ0v) is 8.17. The van der Waals surface area contributed by atoms with E-state index in [-0.39, 0.29) is 5.75 Å². The fraction of sp³-hybridized carbons (Fsp3) is 0.200. The second-order valence-corrected chi connectivity index (χ2v) is 3.00. The van der Waals surface area contributed by atoms with E-state index < -0.39 is 0 Å². The number of phenolic OH excluding ortho intramolecular Hbond substituents is 1. The van der Waals surface area contributed by atoms with Crippen LogP contribution in [0.4, 0.5) is 0 Å². The predicted molar refractivity (Wildman–Crippen MR) is 52.1 cm³/mol. The standard InChI is InChI=1S/C10H10N2O3/c1-14-6-9-11-10(15-12-9)7-3-2-4-8(13)5-7/h2-5,13H,6H2,1H3. The van der Waals surface area contributed by atoms with Crippen LogP contribution in [0.2, 0.25) is 0 Å². The van der Waals surface area contributed by atoms with Gasteiger partial charge in [0.15, 0.2) is 5.82 Å². The molecular weight excluding hydrogens is 196 g/mol. The van der Waals surface area contributed by atoms with Gasteiger partial charge in [0.2, 0.25) is 0 Å². The highest BCUT2D eigenvalue weighted by Crippen LogP contribution is 2.21. The highest BCUT2D eigenvalue weighted by molar-refractivity contribution is 5.55. The van der Waals surface area contributed by atoms with E-state index in [0.717, 1.165) is 0 Å². The molecule has 0 saturated carbocycles. The zero-order chi connectivity index (χ0) is 10.7. The van der Waals surface area contributed by atoms with Gasteiger partial charge in [0.25, 0.3) is 5.89 Å². The van der Waals surface area contributed by atoms with Crippen LogP contribution in [0.3, 0.4) is 0 Å². The first-order valence-electron chi connectivity index (χ1n) is 4.40. The predicted octanol–water partition coefficient (Wildman–Crippen LogP) is 1.59. The molecule has 2 rings (SSSR count). The number of hydrogen-bond acceptors (Lipinski definition) is 5. The van der Waals surface area contributed by atoms with Gasteiger partial charge in [-0.3, -0.25) is 0 Å². The molecule has 0 bridgehead atoms. The monoisotopic (exact) mass is 206 g/mol. The molecule has 1 N–H and O–H groups in total. The molecular formula is C10H10N2O3. The fourth-order valence-electron chi connectivity index (χ4n) is 1.20. The third kappa shape index (κ3) is 2.13. The van der Waals surface area contributed by atoms with Crippen molar-refractivity contribution < 1.29 is 14.4 Å². The SMILES string of the molecule is COCc1noc(-c2cccc(O)c2)n1. The summed E-state index contributed by atoms with van der Waals surface area (Å²) in [7, 11) is 1.56. The number of phenols is 1. The van der Waals surface area contributed by atoms with Gasteiger partial charge in [-0.15, -0.1) is 0 Å². The van der Waals surface area contributed by atoms with E-state index in [9.17, 15) is 5.11 Å². The van der Waals surface area contributed by atoms with E-state index in [1.807, 2.05) is 0 Å². The summed E-state index contributed by atoms with van der Waals surface area (Å²) in [4.78, 5) is 4.10. The van der Waals surface area contributed by atoms with E-state index in [1.165, 1.54) is 0 Å². The molecule has 0 atom stereocenters. The Morgan fingerprint density at radius 1 is 1.47 bits per heavy atom. The van der Waals surface area contributed by atoms with Crippen molar-refractivity contribution in [1.29, 1.82) is 0 Å². The molecule has 0 saturated heterocycles. The number of aromatic hydroxyl groups is 1. The van der Waals surface area contributed by atoms with Gasteiger partial charge in [0.1, 0.15) is 12.4 Å². The minimum atomic E-state index is 0.166. The Morgan fingerprint density at radius 2 is 2.33 bits per heavy atom. The lowest BCUT2D eigenvalue weighted by molar-refractivity contribution is 0.174. The van der Waals surface area contributed by atoms with Crippen molar-refractivity contribution in [2.45, 2.75) is 6.61 Å². The van der Waals surface area contributed by atoms with E-state index >= 15 is 0 Å². The number of aromatic nitrogens is 2. The summed E-state index contributed by atoms with van der Waals surface area (Å²) in [6.07, 6.45) is 0. The minimum Gasteiger partial charge on any atom is -0.508 e. The van der Waals surface area contributed by atoms with Gasteiger partial charge in [-0.2, -0.15) is 4.98 Å². The van der Waals surface area contributed by atoms with Gasteiger partial charge < -0.3 is 14.4 Å². The van der Waals surface area contributed by atoms with Gasteiger partial charge >= 0.3 is 0 Å². The highest BCUT2D eigenvalue weighted by atomic mass is 16.5. The molecule has 78 valence electrons. The maximum absolute atomic E-state index is 9.27. The van der Waals surface area contributed by atoms with Crippen molar-refractivity contribution in [3.63, 3.8) is 0 Å². The molecule has 2 aromatic rings. The Bertz CT molecular complexity index is 453. The summed E-state index contributed by atoms with van der Waals surface area (Å²) < 4.78 is 9.87. The number of benzene rings is 1. The molecule has 0 aliphatic heterocycles. The van der Waals surface area contributed by atoms with Crippen LogP contribution in [0.5, 0.6) is 5.75 Å². The quantitative estimate of drug-likeness (QED) is 0.825. The second kappa shape index (κ2) is 4.10. The summed E-state index contributed by atoms with van der Waals surface area (Å²) in [6.45, 7) is 0.308.